The number of nitrogens with one attached hydrogen (secondary N) is 2. The Kier molecular flexibility index (Phi) is 5.45. The van der Waals surface area contributed by atoms with Gasteiger partial charge in [0.1, 0.15) is 0 Å². The van der Waals surface area contributed by atoms with Gasteiger partial charge in [0.05, 0.1) is 10.6 Å². The van der Waals surface area contributed by atoms with Crippen LogP contribution in [0.3, 0.4) is 0 Å². The molecule has 8 nitrogen and oxygen atoms in total. The second kappa shape index (κ2) is 7.66. The summed E-state index contributed by atoms with van der Waals surface area (Å²) in [5.74, 6) is -0.213. The molecule has 1 amide bonds. The highest BCUT2D eigenvalue weighted by molar-refractivity contribution is 7.89. The molecule has 1 aliphatic rings. The molecule has 0 saturated heterocycles. The number of likely N-dealkylation sites (N-methyl/N-ethyl adjacent to an activating group) is 1. The fraction of sp³-hybridized carbons (Fsp3) is 0.167. The fourth-order valence-corrected chi connectivity index (χ4v) is 3.59. The van der Waals surface area contributed by atoms with Gasteiger partial charge in [-0.05, 0) is 56.4 Å². The lowest BCUT2D eigenvalue weighted by molar-refractivity contribution is -0.112. The summed E-state index contributed by atoms with van der Waals surface area (Å²) < 4.78 is 22.9. The minimum Gasteiger partial charge on any atom is -0.331 e. The van der Waals surface area contributed by atoms with Crippen molar-refractivity contribution in [3.63, 3.8) is 0 Å². The van der Waals surface area contributed by atoms with Crippen molar-refractivity contribution in [3.05, 3.63) is 53.6 Å². The lowest BCUT2D eigenvalue weighted by atomic mass is 10.1. The number of hydrogen-bond acceptors (Lipinski definition) is 5. The van der Waals surface area contributed by atoms with Gasteiger partial charge >= 0.3 is 0 Å². The monoisotopic (exact) mass is 417 g/mol. The first-order valence-electron chi connectivity index (χ1n) is 8.41. The van der Waals surface area contributed by atoms with Gasteiger partial charge in [0.15, 0.2) is 10.8 Å². The van der Waals surface area contributed by atoms with Crippen molar-refractivity contribution < 1.29 is 13.2 Å². The third-order valence-electron chi connectivity index (χ3n) is 4.15. The predicted octanol–water partition coefficient (Wildman–Crippen LogP) is 1.70. The van der Waals surface area contributed by atoms with Crippen molar-refractivity contribution in [2.45, 2.75) is 18.7 Å². The number of carbonyl (C=O) groups is 1. The van der Waals surface area contributed by atoms with E-state index in [0.717, 1.165) is 16.8 Å². The van der Waals surface area contributed by atoms with Crippen molar-refractivity contribution in [1.29, 1.82) is 0 Å². The number of hydrazone groups is 1. The molecule has 0 aliphatic carbocycles. The Labute approximate surface area is 168 Å². The molecule has 2 aromatic rings. The molecule has 3 rings (SSSR count). The fourth-order valence-electron chi connectivity index (χ4n) is 2.87. The average molecular weight is 418 g/mol. The Morgan fingerprint density at radius 2 is 2.00 bits per heavy atom. The number of aryl methyl sites for hydroxylation is 1. The maximum Gasteiger partial charge on any atom is 0.279 e. The second-order valence-electron chi connectivity index (χ2n) is 6.17. The van der Waals surface area contributed by atoms with Crippen LogP contribution in [0.2, 0.25) is 0 Å². The van der Waals surface area contributed by atoms with Gasteiger partial charge in [-0.1, -0.05) is 17.7 Å². The van der Waals surface area contributed by atoms with Gasteiger partial charge in [-0.15, -0.1) is 0 Å². The molecular weight excluding hydrogens is 398 g/mol. The summed E-state index contributed by atoms with van der Waals surface area (Å²) in [6.07, 6.45) is 0. The number of amides is 1. The predicted molar refractivity (Wildman–Crippen MR) is 113 cm³/mol. The van der Waals surface area contributed by atoms with E-state index >= 15 is 0 Å². The minimum absolute atomic E-state index is 0.0411. The molecule has 0 fully saturated rings. The third-order valence-corrected chi connectivity index (χ3v) is 5.26. The lowest BCUT2D eigenvalue weighted by Gasteiger charge is -2.13. The zero-order chi connectivity index (χ0) is 20.5. The highest BCUT2D eigenvalue weighted by atomic mass is 32.2. The molecule has 0 unspecified atom stereocenters. The maximum atomic E-state index is 12.6. The zero-order valence-corrected chi connectivity index (χ0v) is 16.9. The van der Waals surface area contributed by atoms with E-state index in [1.54, 1.807) is 11.0 Å². The van der Waals surface area contributed by atoms with Crippen LogP contribution in [0.1, 0.15) is 18.1 Å². The summed E-state index contributed by atoms with van der Waals surface area (Å²) in [6, 6.07) is 11.6. The van der Waals surface area contributed by atoms with E-state index in [0.29, 0.717) is 12.2 Å². The summed E-state index contributed by atoms with van der Waals surface area (Å²) in [7, 11) is -3.82. The highest BCUT2D eigenvalue weighted by Crippen LogP contribution is 2.29. The van der Waals surface area contributed by atoms with Crippen LogP contribution in [0, 0.1) is 6.92 Å². The zero-order valence-electron chi connectivity index (χ0n) is 15.3. The normalized spacial score (nSPS) is 14.9. The third kappa shape index (κ3) is 4.03. The van der Waals surface area contributed by atoms with Crippen molar-refractivity contribution in [3.8, 4) is 0 Å². The standard InChI is InChI=1S/C18H19N5O3S2/c1-3-23-15-8-7-11(2)9-14(15)16(17(23)24)21-22-18(27)20-12-5-4-6-13(10-12)28(19,25)26/h4-10H,3H2,1-2H3,(H2,19,25,26)(H2,20,22,27). The van der Waals surface area contributed by atoms with E-state index in [2.05, 4.69) is 15.8 Å². The van der Waals surface area contributed by atoms with E-state index in [-0.39, 0.29) is 21.6 Å². The van der Waals surface area contributed by atoms with Gasteiger partial charge in [-0.3, -0.25) is 10.2 Å². The lowest BCUT2D eigenvalue weighted by Crippen LogP contribution is -2.32. The number of carbonyl (C=O) groups excluding carboxylic acids is 1. The molecule has 0 aromatic heterocycles. The summed E-state index contributed by atoms with van der Waals surface area (Å²) in [6.45, 7) is 4.36. The van der Waals surface area contributed by atoms with E-state index in [9.17, 15) is 13.2 Å². The number of nitrogens with zero attached hydrogens (tertiary/aromatic N) is 2. The Bertz CT molecular complexity index is 1100. The summed E-state index contributed by atoms with van der Waals surface area (Å²) >= 11 is 5.19. The topological polar surface area (TPSA) is 117 Å². The largest absolute Gasteiger partial charge is 0.331 e. The Morgan fingerprint density at radius 1 is 1.25 bits per heavy atom. The number of fused-ring (bicyclic) bond motifs is 1. The van der Waals surface area contributed by atoms with Crippen LogP contribution in [0.4, 0.5) is 11.4 Å². The molecule has 146 valence electrons. The SMILES string of the molecule is CCN1C(=O)C(=NNC(=S)Nc2cccc(S(N)(=O)=O)c2)c2cc(C)ccc21. The second-order valence-corrected chi connectivity index (χ2v) is 8.14. The van der Waals surface area contributed by atoms with Crippen LogP contribution in [0.25, 0.3) is 0 Å². The van der Waals surface area contributed by atoms with Gasteiger partial charge in [-0.25, -0.2) is 13.6 Å². The summed E-state index contributed by atoms with van der Waals surface area (Å²) in [5, 5.41) is 12.2. The van der Waals surface area contributed by atoms with Gasteiger partial charge in [0, 0.05) is 17.8 Å². The summed E-state index contributed by atoms with van der Waals surface area (Å²) in [4.78, 5) is 14.2. The highest BCUT2D eigenvalue weighted by Gasteiger charge is 2.33. The maximum absolute atomic E-state index is 12.6. The smallest absolute Gasteiger partial charge is 0.279 e. The van der Waals surface area contributed by atoms with Crippen molar-refractivity contribution >= 4 is 50.3 Å². The van der Waals surface area contributed by atoms with Crippen LogP contribution >= 0.6 is 12.2 Å². The number of primary sulfonamides is 1. The molecular formula is C18H19N5O3S2. The van der Waals surface area contributed by atoms with Gasteiger partial charge < -0.3 is 10.2 Å². The first kappa shape index (κ1) is 19.9. The number of benzene rings is 2. The summed E-state index contributed by atoms with van der Waals surface area (Å²) in [5.41, 5.74) is 5.89. The Hall–Kier alpha value is -2.82. The van der Waals surface area contributed by atoms with Crippen LogP contribution < -0.4 is 20.8 Å². The number of rotatable bonds is 4. The van der Waals surface area contributed by atoms with Gasteiger partial charge in [0.25, 0.3) is 5.91 Å². The minimum atomic E-state index is -3.82. The van der Waals surface area contributed by atoms with Crippen LogP contribution in [-0.2, 0) is 14.8 Å². The van der Waals surface area contributed by atoms with E-state index in [1.165, 1.54) is 18.2 Å². The average Bonchev–Trinajstić information content (AvgIpc) is 2.89. The molecule has 2 aromatic carbocycles. The molecule has 0 bridgehead atoms. The van der Waals surface area contributed by atoms with Crippen molar-refractivity contribution in [1.82, 2.24) is 5.43 Å². The number of anilines is 2. The van der Waals surface area contributed by atoms with Crippen molar-refractivity contribution in [2.24, 2.45) is 10.2 Å². The number of thiocarbonyl (C=S) groups is 1. The molecule has 0 atom stereocenters. The molecule has 0 saturated carbocycles. The number of sulfonamides is 1. The quantitative estimate of drug-likeness (QED) is 0.515. The van der Waals surface area contributed by atoms with E-state index < -0.39 is 10.0 Å². The molecule has 0 radical (unpaired) electrons. The molecule has 10 heteroatoms. The van der Waals surface area contributed by atoms with Gasteiger partial charge in [-0.2, -0.15) is 5.10 Å². The molecule has 4 N–H and O–H groups in total. The van der Waals surface area contributed by atoms with Crippen LogP contribution in [0.5, 0.6) is 0 Å². The Balaban J connectivity index is 1.80. The number of nitrogens with two attached hydrogens (primary N) is 1. The van der Waals surface area contributed by atoms with E-state index in [4.69, 9.17) is 17.4 Å². The molecule has 28 heavy (non-hydrogen) atoms. The van der Waals surface area contributed by atoms with E-state index in [1.807, 2.05) is 32.0 Å². The molecule has 1 aliphatic heterocycles. The van der Waals surface area contributed by atoms with Gasteiger partial charge in [0.2, 0.25) is 10.0 Å². The molecule has 0 spiro atoms. The number of hydrogen-bond donors (Lipinski definition) is 3. The first-order valence-corrected chi connectivity index (χ1v) is 10.4. The first-order chi connectivity index (χ1) is 13.2. The van der Waals surface area contributed by atoms with Crippen LogP contribution in [-0.4, -0.2) is 31.7 Å². The van der Waals surface area contributed by atoms with Crippen LogP contribution in [0.15, 0.2) is 52.5 Å². The van der Waals surface area contributed by atoms with Crippen molar-refractivity contribution in [2.75, 3.05) is 16.8 Å². The Morgan fingerprint density at radius 3 is 2.68 bits per heavy atom. The molecule has 1 heterocycles.